The largest absolute Gasteiger partial charge is 0.445 e. The van der Waals surface area contributed by atoms with Crippen LogP contribution in [0.25, 0.3) is 0 Å². The van der Waals surface area contributed by atoms with Gasteiger partial charge in [-0.1, -0.05) is 0 Å². The summed E-state index contributed by atoms with van der Waals surface area (Å²) in [4.78, 5) is 8.86. The van der Waals surface area contributed by atoms with Gasteiger partial charge in [0, 0.05) is 39.1 Å². The summed E-state index contributed by atoms with van der Waals surface area (Å²) in [6, 6.07) is 0.460. The monoisotopic (exact) mass is 267 g/mol. The highest BCUT2D eigenvalue weighted by atomic mass is 16.4. The molecule has 0 bridgehead atoms. The highest BCUT2D eigenvalue weighted by Crippen LogP contribution is 2.16. The van der Waals surface area contributed by atoms with E-state index in [9.17, 15) is 5.11 Å². The molecule has 1 aliphatic heterocycles. The second-order valence-corrected chi connectivity index (χ2v) is 6.21. The lowest BCUT2D eigenvalue weighted by molar-refractivity contribution is 0.000559. The number of oxazole rings is 1. The molecular weight excluding hydrogens is 242 g/mol. The van der Waals surface area contributed by atoms with Gasteiger partial charge in [0.05, 0.1) is 18.3 Å². The molecule has 0 spiro atoms. The summed E-state index contributed by atoms with van der Waals surface area (Å²) in [7, 11) is 0. The number of hydrogen-bond donors (Lipinski definition) is 1. The molecular formula is C14H25N3O2. The van der Waals surface area contributed by atoms with Crippen LogP contribution in [0, 0.1) is 6.92 Å². The van der Waals surface area contributed by atoms with E-state index in [4.69, 9.17) is 4.42 Å². The Morgan fingerprint density at radius 2 is 2.21 bits per heavy atom. The summed E-state index contributed by atoms with van der Waals surface area (Å²) in [5, 5.41) is 9.88. The van der Waals surface area contributed by atoms with Crippen molar-refractivity contribution in [3.8, 4) is 0 Å². The van der Waals surface area contributed by atoms with Crippen molar-refractivity contribution in [3.05, 3.63) is 17.8 Å². The summed E-state index contributed by atoms with van der Waals surface area (Å²) in [5.41, 5.74) is -0.621. The van der Waals surface area contributed by atoms with Crippen LogP contribution in [0.4, 0.5) is 0 Å². The van der Waals surface area contributed by atoms with Gasteiger partial charge in [-0.25, -0.2) is 4.98 Å². The van der Waals surface area contributed by atoms with Crippen LogP contribution in [0.5, 0.6) is 0 Å². The number of aliphatic hydroxyl groups is 1. The molecule has 5 nitrogen and oxygen atoms in total. The molecule has 0 aliphatic carbocycles. The molecule has 108 valence electrons. The average molecular weight is 267 g/mol. The fourth-order valence-electron chi connectivity index (χ4n) is 2.67. The van der Waals surface area contributed by atoms with E-state index in [1.54, 1.807) is 0 Å². The lowest BCUT2D eigenvalue weighted by Crippen LogP contribution is -2.54. The van der Waals surface area contributed by atoms with Crippen molar-refractivity contribution in [1.29, 1.82) is 0 Å². The van der Waals surface area contributed by atoms with Crippen LogP contribution in [0.3, 0.4) is 0 Å². The smallest absolute Gasteiger partial charge is 0.191 e. The van der Waals surface area contributed by atoms with Gasteiger partial charge in [0.15, 0.2) is 5.89 Å². The Kier molecular flexibility index (Phi) is 4.28. The Morgan fingerprint density at radius 1 is 1.47 bits per heavy atom. The van der Waals surface area contributed by atoms with E-state index in [0.29, 0.717) is 6.04 Å². The van der Waals surface area contributed by atoms with Crippen LogP contribution in [0.1, 0.15) is 32.4 Å². The molecule has 1 unspecified atom stereocenters. The molecule has 1 aliphatic rings. The molecule has 0 aromatic carbocycles. The summed E-state index contributed by atoms with van der Waals surface area (Å²) in [6.45, 7) is 12.3. The zero-order valence-corrected chi connectivity index (χ0v) is 12.4. The van der Waals surface area contributed by atoms with Crippen LogP contribution < -0.4 is 0 Å². The normalized spacial score (nSPS) is 22.9. The van der Waals surface area contributed by atoms with Crippen molar-refractivity contribution < 1.29 is 9.52 Å². The number of β-amino-alcohol motifs (C(OH)–C–C–N with tert-alkyl or cyclic N) is 1. The minimum atomic E-state index is -0.621. The number of rotatable bonds is 4. The van der Waals surface area contributed by atoms with Gasteiger partial charge in [-0.15, -0.1) is 0 Å². The molecule has 1 aromatic heterocycles. The standard InChI is InChI=1S/C14H25N3O2/c1-11-8-16(10-14(3,4)18)5-6-17(11)9-13-7-15-12(2)19-13/h7,11,18H,5-6,8-10H2,1-4H3. The zero-order chi connectivity index (χ0) is 14.0. The molecule has 1 atom stereocenters. The van der Waals surface area contributed by atoms with Gasteiger partial charge in [0.1, 0.15) is 5.76 Å². The second-order valence-electron chi connectivity index (χ2n) is 6.21. The lowest BCUT2D eigenvalue weighted by Gasteiger charge is -2.41. The maximum absolute atomic E-state index is 9.88. The van der Waals surface area contributed by atoms with Crippen LogP contribution in [-0.4, -0.2) is 57.7 Å². The molecule has 1 aromatic rings. The first-order chi connectivity index (χ1) is 8.83. The molecule has 1 N–H and O–H groups in total. The predicted molar refractivity (Wildman–Crippen MR) is 73.8 cm³/mol. The van der Waals surface area contributed by atoms with Crippen LogP contribution in [0.15, 0.2) is 10.6 Å². The third-order valence-corrected chi connectivity index (χ3v) is 3.49. The van der Waals surface area contributed by atoms with E-state index in [1.165, 1.54) is 0 Å². The van der Waals surface area contributed by atoms with E-state index >= 15 is 0 Å². The summed E-state index contributed by atoms with van der Waals surface area (Å²) >= 11 is 0. The molecule has 5 heteroatoms. The molecule has 0 radical (unpaired) electrons. The number of hydrogen-bond acceptors (Lipinski definition) is 5. The Balaban J connectivity index is 1.86. The minimum absolute atomic E-state index is 0.460. The lowest BCUT2D eigenvalue weighted by atomic mass is 10.1. The molecule has 2 heterocycles. The van der Waals surface area contributed by atoms with E-state index in [1.807, 2.05) is 27.0 Å². The first-order valence-corrected chi connectivity index (χ1v) is 6.93. The highest BCUT2D eigenvalue weighted by Gasteiger charge is 2.27. The average Bonchev–Trinajstić information content (AvgIpc) is 2.66. The fraction of sp³-hybridized carbons (Fsp3) is 0.786. The minimum Gasteiger partial charge on any atom is -0.445 e. The van der Waals surface area contributed by atoms with Crippen molar-refractivity contribution in [1.82, 2.24) is 14.8 Å². The Labute approximate surface area is 115 Å². The third-order valence-electron chi connectivity index (χ3n) is 3.49. The van der Waals surface area contributed by atoms with Gasteiger partial charge in [0.25, 0.3) is 0 Å². The molecule has 19 heavy (non-hydrogen) atoms. The SMILES string of the molecule is Cc1ncc(CN2CCN(CC(C)(C)O)CC2C)o1. The Bertz CT molecular complexity index is 411. The summed E-state index contributed by atoms with van der Waals surface area (Å²) in [5.74, 6) is 1.66. The molecule has 0 amide bonds. The van der Waals surface area contributed by atoms with Gasteiger partial charge in [-0.3, -0.25) is 9.80 Å². The summed E-state index contributed by atoms with van der Waals surface area (Å²) in [6.07, 6.45) is 1.81. The van der Waals surface area contributed by atoms with Crippen molar-refractivity contribution in [3.63, 3.8) is 0 Å². The Hall–Kier alpha value is -0.910. The van der Waals surface area contributed by atoms with Crippen LogP contribution in [0.2, 0.25) is 0 Å². The van der Waals surface area contributed by atoms with E-state index in [-0.39, 0.29) is 0 Å². The van der Waals surface area contributed by atoms with Crippen molar-refractivity contribution in [2.24, 2.45) is 0 Å². The number of aryl methyl sites for hydroxylation is 1. The van der Waals surface area contributed by atoms with Crippen LogP contribution in [-0.2, 0) is 6.54 Å². The van der Waals surface area contributed by atoms with Gasteiger partial charge in [-0.2, -0.15) is 0 Å². The number of piperazine rings is 1. The maximum atomic E-state index is 9.88. The van der Waals surface area contributed by atoms with Gasteiger partial charge in [0.2, 0.25) is 0 Å². The molecule has 1 fully saturated rings. The number of aromatic nitrogens is 1. The quantitative estimate of drug-likeness (QED) is 0.890. The summed E-state index contributed by atoms with van der Waals surface area (Å²) < 4.78 is 5.54. The predicted octanol–water partition coefficient (Wildman–Crippen LogP) is 1.26. The topological polar surface area (TPSA) is 52.7 Å². The van der Waals surface area contributed by atoms with E-state index < -0.39 is 5.60 Å². The molecule has 1 saturated heterocycles. The first kappa shape index (κ1) is 14.5. The Morgan fingerprint density at radius 3 is 2.74 bits per heavy atom. The molecule has 0 saturated carbocycles. The van der Waals surface area contributed by atoms with E-state index in [2.05, 4.69) is 21.7 Å². The first-order valence-electron chi connectivity index (χ1n) is 6.93. The van der Waals surface area contributed by atoms with Crippen molar-refractivity contribution in [2.45, 2.75) is 45.9 Å². The fourth-order valence-corrected chi connectivity index (χ4v) is 2.67. The van der Waals surface area contributed by atoms with Crippen molar-refractivity contribution >= 4 is 0 Å². The van der Waals surface area contributed by atoms with Crippen molar-refractivity contribution in [2.75, 3.05) is 26.2 Å². The second kappa shape index (κ2) is 5.61. The maximum Gasteiger partial charge on any atom is 0.191 e. The highest BCUT2D eigenvalue weighted by molar-refractivity contribution is 4.94. The van der Waals surface area contributed by atoms with Gasteiger partial charge in [-0.05, 0) is 20.8 Å². The number of nitrogens with zero attached hydrogens (tertiary/aromatic N) is 3. The molecule has 2 rings (SSSR count). The van der Waals surface area contributed by atoms with Gasteiger partial charge < -0.3 is 9.52 Å². The van der Waals surface area contributed by atoms with Gasteiger partial charge >= 0.3 is 0 Å². The van der Waals surface area contributed by atoms with E-state index in [0.717, 1.165) is 44.4 Å². The zero-order valence-electron chi connectivity index (χ0n) is 12.4. The van der Waals surface area contributed by atoms with Crippen LogP contribution >= 0.6 is 0 Å². The third kappa shape index (κ3) is 4.30.